The van der Waals surface area contributed by atoms with Crippen molar-refractivity contribution in [2.24, 2.45) is 0 Å². The summed E-state index contributed by atoms with van der Waals surface area (Å²) in [5, 5.41) is 3.42. The first-order valence-corrected chi connectivity index (χ1v) is 7.73. The molecule has 110 valence electrons. The third kappa shape index (κ3) is 2.73. The fourth-order valence-electron chi connectivity index (χ4n) is 3.31. The number of hydrogen-bond acceptors (Lipinski definition) is 1. The van der Waals surface area contributed by atoms with Crippen LogP contribution < -0.4 is 5.32 Å². The Morgan fingerprint density at radius 3 is 2.48 bits per heavy atom. The lowest BCUT2D eigenvalue weighted by Crippen LogP contribution is -2.22. The highest BCUT2D eigenvalue weighted by molar-refractivity contribution is 5.42. The number of halogens is 1. The molecular formula is C19H22FN. The molecule has 1 aliphatic carbocycles. The molecule has 1 aliphatic rings. The lowest BCUT2D eigenvalue weighted by atomic mass is 9.76. The molecule has 2 aromatic carbocycles. The first-order chi connectivity index (χ1) is 10.2. The summed E-state index contributed by atoms with van der Waals surface area (Å²) in [5.41, 5.74) is 4.94. The van der Waals surface area contributed by atoms with Gasteiger partial charge in [-0.05, 0) is 67.1 Å². The van der Waals surface area contributed by atoms with E-state index < -0.39 is 0 Å². The van der Waals surface area contributed by atoms with Gasteiger partial charge in [-0.2, -0.15) is 0 Å². The van der Waals surface area contributed by atoms with E-state index in [4.69, 9.17) is 0 Å². The van der Waals surface area contributed by atoms with Gasteiger partial charge in [-0.1, -0.05) is 36.8 Å². The highest BCUT2D eigenvalue weighted by Gasteiger charge is 2.25. The lowest BCUT2D eigenvalue weighted by molar-refractivity contribution is 0.415. The molecule has 0 radical (unpaired) electrons. The van der Waals surface area contributed by atoms with Gasteiger partial charge in [0, 0.05) is 0 Å². The van der Waals surface area contributed by atoms with Crippen molar-refractivity contribution in [3.63, 3.8) is 0 Å². The Kier molecular flexibility index (Phi) is 4.07. The van der Waals surface area contributed by atoms with Crippen molar-refractivity contribution in [3.8, 4) is 0 Å². The van der Waals surface area contributed by atoms with E-state index >= 15 is 0 Å². The first-order valence-electron chi connectivity index (χ1n) is 7.73. The second-order valence-electron chi connectivity index (χ2n) is 5.98. The van der Waals surface area contributed by atoms with Crippen LogP contribution in [0.4, 0.5) is 4.39 Å². The Morgan fingerprint density at radius 2 is 1.86 bits per heavy atom. The van der Waals surface area contributed by atoms with Crippen LogP contribution in [-0.4, -0.2) is 7.05 Å². The van der Waals surface area contributed by atoms with Gasteiger partial charge < -0.3 is 5.32 Å². The standard InChI is InChI=1S/C19H22FN/c1-13-12-15(20)10-11-16(13)19(21-2)18-9-4-3-8-17(18)14-6-5-7-14/h3-4,8-12,14,19,21H,5-7H2,1-2H3. The SMILES string of the molecule is CNC(c1ccc(F)cc1C)c1ccccc1C1CCC1. The summed E-state index contributed by atoms with van der Waals surface area (Å²) in [5.74, 6) is 0.524. The number of hydrogen-bond donors (Lipinski definition) is 1. The van der Waals surface area contributed by atoms with Gasteiger partial charge in [-0.25, -0.2) is 4.39 Å². The number of nitrogens with one attached hydrogen (secondary N) is 1. The van der Waals surface area contributed by atoms with Crippen molar-refractivity contribution < 1.29 is 4.39 Å². The Bertz CT molecular complexity index is 631. The van der Waals surface area contributed by atoms with Crippen LogP contribution in [0.2, 0.25) is 0 Å². The maximum Gasteiger partial charge on any atom is 0.123 e. The van der Waals surface area contributed by atoms with Crippen molar-refractivity contribution in [2.75, 3.05) is 7.05 Å². The minimum absolute atomic E-state index is 0.127. The minimum atomic E-state index is -0.168. The second-order valence-corrected chi connectivity index (χ2v) is 5.98. The summed E-state index contributed by atoms with van der Waals surface area (Å²) in [6.45, 7) is 1.98. The topological polar surface area (TPSA) is 12.0 Å². The zero-order valence-electron chi connectivity index (χ0n) is 12.7. The fraction of sp³-hybridized carbons (Fsp3) is 0.368. The zero-order valence-corrected chi connectivity index (χ0v) is 12.7. The largest absolute Gasteiger partial charge is 0.309 e. The van der Waals surface area contributed by atoms with Crippen LogP contribution in [-0.2, 0) is 0 Å². The van der Waals surface area contributed by atoms with Crippen LogP contribution in [0.1, 0.15) is 53.5 Å². The molecule has 0 bridgehead atoms. The van der Waals surface area contributed by atoms with E-state index in [-0.39, 0.29) is 11.9 Å². The van der Waals surface area contributed by atoms with Crippen LogP contribution in [0.5, 0.6) is 0 Å². The maximum atomic E-state index is 13.4. The zero-order chi connectivity index (χ0) is 14.8. The molecule has 0 heterocycles. The fourth-order valence-corrected chi connectivity index (χ4v) is 3.31. The van der Waals surface area contributed by atoms with Gasteiger partial charge in [-0.3, -0.25) is 0 Å². The summed E-state index contributed by atoms with van der Waals surface area (Å²) in [6, 6.07) is 13.9. The minimum Gasteiger partial charge on any atom is -0.309 e. The number of rotatable bonds is 4. The molecule has 2 aromatic rings. The number of aryl methyl sites for hydroxylation is 1. The molecule has 0 saturated heterocycles. The Balaban J connectivity index is 2.03. The molecule has 0 spiro atoms. The van der Waals surface area contributed by atoms with Crippen LogP contribution >= 0.6 is 0 Å². The molecule has 3 rings (SSSR count). The smallest absolute Gasteiger partial charge is 0.123 e. The third-order valence-electron chi connectivity index (χ3n) is 4.68. The molecule has 1 fully saturated rings. The molecule has 21 heavy (non-hydrogen) atoms. The van der Waals surface area contributed by atoms with Crippen LogP contribution in [0, 0.1) is 12.7 Å². The first kappa shape index (κ1) is 14.3. The van der Waals surface area contributed by atoms with E-state index in [1.54, 1.807) is 12.1 Å². The van der Waals surface area contributed by atoms with E-state index in [9.17, 15) is 4.39 Å². The predicted molar refractivity (Wildman–Crippen MR) is 85.1 cm³/mol. The van der Waals surface area contributed by atoms with Crippen molar-refractivity contribution in [2.45, 2.75) is 38.1 Å². The quantitative estimate of drug-likeness (QED) is 0.857. The van der Waals surface area contributed by atoms with E-state index in [2.05, 4.69) is 29.6 Å². The van der Waals surface area contributed by atoms with Crippen molar-refractivity contribution in [1.29, 1.82) is 0 Å². The maximum absolute atomic E-state index is 13.4. The highest BCUT2D eigenvalue weighted by Crippen LogP contribution is 2.40. The van der Waals surface area contributed by atoms with Crippen LogP contribution in [0.3, 0.4) is 0 Å². The Labute approximate surface area is 126 Å². The van der Waals surface area contributed by atoms with Gasteiger partial charge in [0.05, 0.1) is 6.04 Å². The third-order valence-corrected chi connectivity index (χ3v) is 4.68. The van der Waals surface area contributed by atoms with E-state index in [1.165, 1.54) is 30.4 Å². The molecule has 2 heteroatoms. The molecule has 1 saturated carbocycles. The van der Waals surface area contributed by atoms with Gasteiger partial charge in [0.15, 0.2) is 0 Å². The monoisotopic (exact) mass is 283 g/mol. The molecule has 0 amide bonds. The predicted octanol–water partition coefficient (Wildman–Crippen LogP) is 4.71. The normalized spacial score (nSPS) is 16.5. The van der Waals surface area contributed by atoms with E-state index in [0.29, 0.717) is 5.92 Å². The van der Waals surface area contributed by atoms with Gasteiger partial charge in [-0.15, -0.1) is 0 Å². The van der Waals surface area contributed by atoms with Gasteiger partial charge in [0.1, 0.15) is 5.82 Å². The average molecular weight is 283 g/mol. The number of benzene rings is 2. The second kappa shape index (κ2) is 5.98. The molecule has 1 N–H and O–H groups in total. The summed E-state index contributed by atoms with van der Waals surface area (Å²) < 4.78 is 13.4. The molecule has 0 aliphatic heterocycles. The molecule has 1 unspecified atom stereocenters. The van der Waals surface area contributed by atoms with Gasteiger partial charge in [0.25, 0.3) is 0 Å². The molecule has 1 nitrogen and oxygen atoms in total. The van der Waals surface area contributed by atoms with Gasteiger partial charge >= 0.3 is 0 Å². The van der Waals surface area contributed by atoms with E-state index in [1.807, 2.05) is 20.0 Å². The average Bonchev–Trinajstić information content (AvgIpc) is 2.41. The van der Waals surface area contributed by atoms with Gasteiger partial charge in [0.2, 0.25) is 0 Å². The summed E-state index contributed by atoms with van der Waals surface area (Å²) in [7, 11) is 1.98. The molecule has 0 aromatic heterocycles. The highest BCUT2D eigenvalue weighted by atomic mass is 19.1. The Hall–Kier alpha value is -1.67. The lowest BCUT2D eigenvalue weighted by Gasteiger charge is -2.31. The van der Waals surface area contributed by atoms with E-state index in [0.717, 1.165) is 11.1 Å². The summed E-state index contributed by atoms with van der Waals surface area (Å²) >= 11 is 0. The van der Waals surface area contributed by atoms with Crippen molar-refractivity contribution in [3.05, 3.63) is 70.5 Å². The summed E-state index contributed by atoms with van der Waals surface area (Å²) in [4.78, 5) is 0. The summed E-state index contributed by atoms with van der Waals surface area (Å²) in [6.07, 6.45) is 3.91. The molecule has 1 atom stereocenters. The van der Waals surface area contributed by atoms with Crippen LogP contribution in [0.15, 0.2) is 42.5 Å². The van der Waals surface area contributed by atoms with Crippen molar-refractivity contribution in [1.82, 2.24) is 5.32 Å². The Morgan fingerprint density at radius 1 is 1.10 bits per heavy atom. The molecular weight excluding hydrogens is 261 g/mol. The van der Waals surface area contributed by atoms with Crippen molar-refractivity contribution >= 4 is 0 Å². The van der Waals surface area contributed by atoms with Crippen LogP contribution in [0.25, 0.3) is 0 Å².